The van der Waals surface area contributed by atoms with E-state index in [-0.39, 0.29) is 54.0 Å². The molecule has 1 aliphatic carbocycles. The number of pyridine rings is 1. The molecule has 4 rings (SSSR count). The Morgan fingerprint density at radius 2 is 1.94 bits per heavy atom. The number of esters is 1. The van der Waals surface area contributed by atoms with Crippen molar-refractivity contribution in [2.75, 3.05) is 32.1 Å². The SMILES string of the molecule is COC(=O)CCCC(=O)C(=O)N1C[C@@H]2C(N(C)c3nc(-c4ccncc4F)cc(=O)n3C)[C@@H]2C1. The van der Waals surface area contributed by atoms with E-state index < -0.39 is 23.5 Å². The second-order valence-electron chi connectivity index (χ2n) is 8.69. The predicted octanol–water partition coefficient (Wildman–Crippen LogP) is 0.787. The molecule has 0 aromatic carbocycles. The number of likely N-dealkylation sites (tertiary alicyclic amines) is 1. The molecular weight excluding hydrogens is 445 g/mol. The number of ether oxygens (including phenoxy) is 1. The van der Waals surface area contributed by atoms with Crippen LogP contribution in [0.1, 0.15) is 19.3 Å². The summed E-state index contributed by atoms with van der Waals surface area (Å²) in [6.07, 6.45) is 2.90. The molecule has 2 aromatic rings. The van der Waals surface area contributed by atoms with E-state index in [2.05, 4.69) is 14.7 Å². The Morgan fingerprint density at radius 1 is 1.24 bits per heavy atom. The summed E-state index contributed by atoms with van der Waals surface area (Å²) < 4.78 is 20.2. The van der Waals surface area contributed by atoms with Gasteiger partial charge in [-0.2, -0.15) is 0 Å². The highest BCUT2D eigenvalue weighted by Gasteiger charge is 2.59. The Bertz CT molecular complexity index is 1190. The summed E-state index contributed by atoms with van der Waals surface area (Å²) in [5.41, 5.74) is 0.106. The van der Waals surface area contributed by atoms with Crippen LogP contribution in [0.4, 0.5) is 10.3 Å². The van der Waals surface area contributed by atoms with Gasteiger partial charge in [-0.3, -0.25) is 28.7 Å². The fourth-order valence-electron chi connectivity index (χ4n) is 4.71. The molecule has 34 heavy (non-hydrogen) atoms. The van der Waals surface area contributed by atoms with E-state index in [4.69, 9.17) is 0 Å². The minimum absolute atomic E-state index is 0.00743. The minimum atomic E-state index is -0.564. The van der Waals surface area contributed by atoms with Crippen LogP contribution in [0.2, 0.25) is 0 Å². The summed E-state index contributed by atoms with van der Waals surface area (Å²) in [5, 5.41) is 0. The number of amides is 1. The molecule has 180 valence electrons. The smallest absolute Gasteiger partial charge is 0.305 e. The summed E-state index contributed by atoms with van der Waals surface area (Å²) in [6, 6.07) is 2.81. The molecule has 1 amide bonds. The topological polar surface area (TPSA) is 115 Å². The molecule has 2 fully saturated rings. The van der Waals surface area contributed by atoms with Crippen molar-refractivity contribution in [3.05, 3.63) is 40.7 Å². The van der Waals surface area contributed by atoms with E-state index in [1.54, 1.807) is 11.9 Å². The van der Waals surface area contributed by atoms with Crippen LogP contribution >= 0.6 is 0 Å². The highest BCUT2D eigenvalue weighted by Crippen LogP contribution is 2.49. The van der Waals surface area contributed by atoms with Gasteiger partial charge in [0.15, 0.2) is 5.82 Å². The van der Waals surface area contributed by atoms with Crippen LogP contribution in [0.3, 0.4) is 0 Å². The highest BCUT2D eigenvalue weighted by atomic mass is 19.1. The Balaban J connectivity index is 1.41. The number of piperidine rings is 1. The van der Waals surface area contributed by atoms with Crippen LogP contribution in [0.25, 0.3) is 11.3 Å². The molecule has 0 bridgehead atoms. The number of aromatic nitrogens is 3. The first kappa shape index (κ1) is 23.5. The van der Waals surface area contributed by atoms with Crippen molar-refractivity contribution in [3.8, 4) is 11.3 Å². The summed E-state index contributed by atoms with van der Waals surface area (Å²) in [4.78, 5) is 60.1. The highest BCUT2D eigenvalue weighted by molar-refractivity contribution is 6.36. The monoisotopic (exact) mass is 471 g/mol. The third kappa shape index (κ3) is 4.42. The number of nitrogens with zero attached hydrogens (tertiary/aromatic N) is 5. The third-order valence-electron chi connectivity index (χ3n) is 6.61. The molecule has 2 aromatic heterocycles. The van der Waals surface area contributed by atoms with Gasteiger partial charge in [0.2, 0.25) is 11.7 Å². The molecular formula is C23H26FN5O5. The molecule has 10 nitrogen and oxygen atoms in total. The first-order chi connectivity index (χ1) is 16.2. The Kier molecular flexibility index (Phi) is 6.45. The number of methoxy groups -OCH3 is 1. The zero-order valence-corrected chi connectivity index (χ0v) is 19.2. The van der Waals surface area contributed by atoms with Gasteiger partial charge in [-0.1, -0.05) is 0 Å². The second kappa shape index (κ2) is 9.32. The van der Waals surface area contributed by atoms with Gasteiger partial charge in [0, 0.05) is 75.7 Å². The van der Waals surface area contributed by atoms with E-state index in [0.717, 1.165) is 6.20 Å². The van der Waals surface area contributed by atoms with Crippen molar-refractivity contribution in [3.63, 3.8) is 0 Å². The van der Waals surface area contributed by atoms with Crippen molar-refractivity contribution in [2.45, 2.75) is 25.3 Å². The van der Waals surface area contributed by atoms with Gasteiger partial charge in [0.25, 0.3) is 11.5 Å². The number of halogens is 1. The van der Waals surface area contributed by atoms with Crippen LogP contribution in [0, 0.1) is 17.7 Å². The van der Waals surface area contributed by atoms with E-state index in [9.17, 15) is 23.6 Å². The van der Waals surface area contributed by atoms with Gasteiger partial charge in [-0.05, 0) is 12.5 Å². The van der Waals surface area contributed by atoms with E-state index >= 15 is 0 Å². The molecule has 2 aliphatic rings. The Morgan fingerprint density at radius 3 is 2.59 bits per heavy atom. The normalized spacial score (nSPS) is 20.6. The van der Waals surface area contributed by atoms with Gasteiger partial charge in [0.1, 0.15) is 0 Å². The largest absolute Gasteiger partial charge is 0.469 e. The second-order valence-corrected chi connectivity index (χ2v) is 8.69. The fraction of sp³-hybridized carbons (Fsp3) is 0.478. The third-order valence-corrected chi connectivity index (χ3v) is 6.61. The van der Waals surface area contributed by atoms with Gasteiger partial charge in [-0.15, -0.1) is 0 Å². The lowest BCUT2D eigenvalue weighted by atomic mass is 10.1. The number of ketones is 1. The molecule has 1 saturated carbocycles. The summed E-state index contributed by atoms with van der Waals surface area (Å²) >= 11 is 0. The zero-order chi connectivity index (χ0) is 24.6. The van der Waals surface area contributed by atoms with E-state index in [1.165, 1.54) is 30.0 Å². The van der Waals surface area contributed by atoms with Crippen molar-refractivity contribution >= 4 is 23.6 Å². The number of carbonyl (C=O) groups is 3. The number of hydrogen-bond acceptors (Lipinski definition) is 8. The maximum absolute atomic E-state index is 14.2. The van der Waals surface area contributed by atoms with Crippen LogP contribution in [-0.2, 0) is 26.2 Å². The predicted molar refractivity (Wildman–Crippen MR) is 119 cm³/mol. The van der Waals surface area contributed by atoms with Crippen LogP contribution < -0.4 is 10.5 Å². The van der Waals surface area contributed by atoms with Gasteiger partial charge < -0.3 is 14.5 Å². The summed E-state index contributed by atoms with van der Waals surface area (Å²) in [7, 11) is 4.71. The van der Waals surface area contributed by atoms with Crippen LogP contribution in [-0.4, -0.2) is 70.4 Å². The first-order valence-electron chi connectivity index (χ1n) is 11.0. The number of fused-ring (bicyclic) bond motifs is 1. The molecule has 1 unspecified atom stereocenters. The zero-order valence-electron chi connectivity index (χ0n) is 19.2. The van der Waals surface area contributed by atoms with Gasteiger partial charge in [-0.25, -0.2) is 9.37 Å². The lowest BCUT2D eigenvalue weighted by molar-refractivity contribution is -0.145. The maximum atomic E-state index is 14.2. The van der Waals surface area contributed by atoms with Crippen molar-refractivity contribution < 1.29 is 23.5 Å². The molecule has 1 saturated heterocycles. The van der Waals surface area contributed by atoms with Crippen molar-refractivity contribution in [2.24, 2.45) is 18.9 Å². The summed E-state index contributed by atoms with van der Waals surface area (Å²) in [6.45, 7) is 0.877. The summed E-state index contributed by atoms with van der Waals surface area (Å²) in [5.74, 6) is -1.32. The van der Waals surface area contributed by atoms with E-state index in [1.807, 2.05) is 11.9 Å². The molecule has 3 atom stereocenters. The van der Waals surface area contributed by atoms with Crippen molar-refractivity contribution in [1.29, 1.82) is 0 Å². The van der Waals surface area contributed by atoms with Gasteiger partial charge >= 0.3 is 5.97 Å². The first-order valence-corrected chi connectivity index (χ1v) is 11.0. The maximum Gasteiger partial charge on any atom is 0.305 e. The minimum Gasteiger partial charge on any atom is -0.469 e. The molecule has 0 spiro atoms. The molecule has 0 N–H and O–H groups in total. The van der Waals surface area contributed by atoms with Crippen molar-refractivity contribution in [1.82, 2.24) is 19.4 Å². The average Bonchev–Trinajstić information content (AvgIpc) is 3.32. The number of Topliss-reactive ketones (excluding diaryl/α,β-unsaturated/α-hetero) is 1. The number of carbonyl (C=O) groups excluding carboxylic acids is 3. The standard InChI is InChI=1S/C23H26FN5O5/c1-27-19(31)9-17(13-7-8-25-10-16(13)24)26-23(27)28(2)21-14-11-29(12-15(14)21)22(33)18(30)5-4-6-20(32)34-3/h7-10,14-15,21H,4-6,11-12H2,1-3H3/t14-,15+,21?. The molecule has 1 aliphatic heterocycles. The van der Waals surface area contributed by atoms with Gasteiger partial charge in [0.05, 0.1) is 19.0 Å². The quantitative estimate of drug-likeness (QED) is 0.410. The number of hydrogen-bond donors (Lipinski definition) is 0. The number of rotatable bonds is 8. The Hall–Kier alpha value is -3.63. The fourth-order valence-corrected chi connectivity index (χ4v) is 4.71. The molecule has 3 heterocycles. The molecule has 11 heteroatoms. The van der Waals surface area contributed by atoms with Crippen LogP contribution in [0.15, 0.2) is 29.3 Å². The lowest BCUT2D eigenvalue weighted by Gasteiger charge is -2.26. The average molecular weight is 471 g/mol. The van der Waals surface area contributed by atoms with E-state index in [0.29, 0.717) is 19.0 Å². The number of anilines is 1. The Labute approximate surface area is 195 Å². The van der Waals surface area contributed by atoms with Crippen LogP contribution in [0.5, 0.6) is 0 Å². The molecule has 0 radical (unpaired) electrons. The lowest BCUT2D eigenvalue weighted by Crippen LogP contribution is -2.40.